The van der Waals surface area contributed by atoms with Gasteiger partial charge in [-0.3, -0.25) is 15.1 Å². The first-order valence-corrected chi connectivity index (χ1v) is 5.49. The van der Waals surface area contributed by atoms with Gasteiger partial charge in [0.25, 0.3) is 5.69 Å². The minimum atomic E-state index is -0.514. The largest absolute Gasteiger partial charge is 0.364 e. The number of hydrogen-bond donors (Lipinski definition) is 1. The van der Waals surface area contributed by atoms with Gasteiger partial charge >= 0.3 is 0 Å². The highest BCUT2D eigenvalue weighted by Gasteiger charge is 2.09. The van der Waals surface area contributed by atoms with Crippen LogP contribution in [0.2, 0.25) is 5.15 Å². The maximum atomic E-state index is 10.7. The van der Waals surface area contributed by atoms with Crippen molar-refractivity contribution in [1.82, 2.24) is 9.97 Å². The molecule has 18 heavy (non-hydrogen) atoms. The van der Waals surface area contributed by atoms with E-state index in [1.54, 1.807) is 6.20 Å². The van der Waals surface area contributed by atoms with Gasteiger partial charge in [0, 0.05) is 6.20 Å². The number of hydrogen-bond acceptors (Lipinski definition) is 5. The first kappa shape index (κ1) is 12.3. The summed E-state index contributed by atoms with van der Waals surface area (Å²) < 4.78 is 0. The second-order valence-electron chi connectivity index (χ2n) is 3.47. The van der Waals surface area contributed by atoms with Crippen LogP contribution in [0.4, 0.5) is 11.5 Å². The van der Waals surface area contributed by atoms with E-state index in [0.29, 0.717) is 12.4 Å². The van der Waals surface area contributed by atoms with Gasteiger partial charge < -0.3 is 5.32 Å². The van der Waals surface area contributed by atoms with Crippen LogP contribution < -0.4 is 5.32 Å². The van der Waals surface area contributed by atoms with Gasteiger partial charge in [-0.05, 0) is 12.1 Å². The fourth-order valence-corrected chi connectivity index (χ4v) is 1.57. The van der Waals surface area contributed by atoms with Crippen molar-refractivity contribution in [3.8, 4) is 0 Å². The van der Waals surface area contributed by atoms with Gasteiger partial charge in [-0.15, -0.1) is 0 Å². The normalized spacial score (nSPS) is 10.1. The van der Waals surface area contributed by atoms with Crippen molar-refractivity contribution in [2.45, 2.75) is 6.54 Å². The number of anilines is 1. The molecule has 0 saturated heterocycles. The number of halogens is 1. The number of rotatable bonds is 4. The van der Waals surface area contributed by atoms with Crippen LogP contribution in [-0.4, -0.2) is 14.9 Å². The maximum Gasteiger partial charge on any atom is 0.276 e. The minimum absolute atomic E-state index is 0.0766. The summed E-state index contributed by atoms with van der Waals surface area (Å²) in [5.74, 6) is 0.347. The molecular weight excluding hydrogens is 256 g/mol. The Morgan fingerprint density at radius 2 is 2.22 bits per heavy atom. The maximum absolute atomic E-state index is 10.7. The van der Waals surface area contributed by atoms with Crippen LogP contribution in [0.25, 0.3) is 0 Å². The van der Waals surface area contributed by atoms with E-state index >= 15 is 0 Å². The van der Waals surface area contributed by atoms with Crippen LogP contribution in [0.5, 0.6) is 0 Å². The lowest BCUT2D eigenvalue weighted by Crippen LogP contribution is -2.03. The molecule has 0 bridgehead atoms. The van der Waals surface area contributed by atoms with E-state index in [-0.39, 0.29) is 10.8 Å². The molecule has 0 radical (unpaired) electrons. The number of nitrogens with zero attached hydrogens (tertiary/aromatic N) is 3. The van der Waals surface area contributed by atoms with Crippen LogP contribution in [-0.2, 0) is 6.54 Å². The molecule has 0 amide bonds. The van der Waals surface area contributed by atoms with Gasteiger partial charge in [-0.25, -0.2) is 4.98 Å². The summed E-state index contributed by atoms with van der Waals surface area (Å²) in [4.78, 5) is 18.2. The zero-order chi connectivity index (χ0) is 13.0. The molecule has 2 aromatic rings. The standard InChI is InChI=1S/C11H9ClN4O2/c12-10-5-9(16(17)18)6-11(15-10)14-7-8-3-1-2-4-13-8/h1-6H,7H2,(H,14,15). The van der Waals surface area contributed by atoms with Crippen molar-refractivity contribution in [1.29, 1.82) is 0 Å². The highest BCUT2D eigenvalue weighted by molar-refractivity contribution is 6.29. The van der Waals surface area contributed by atoms with E-state index in [9.17, 15) is 10.1 Å². The third-order valence-electron chi connectivity index (χ3n) is 2.17. The zero-order valence-corrected chi connectivity index (χ0v) is 9.96. The third-order valence-corrected chi connectivity index (χ3v) is 2.36. The molecular formula is C11H9ClN4O2. The van der Waals surface area contributed by atoms with E-state index in [1.165, 1.54) is 12.1 Å². The highest BCUT2D eigenvalue weighted by Crippen LogP contribution is 2.20. The number of nitrogens with one attached hydrogen (secondary N) is 1. The van der Waals surface area contributed by atoms with E-state index in [0.717, 1.165) is 5.69 Å². The van der Waals surface area contributed by atoms with Gasteiger partial charge in [0.05, 0.1) is 29.3 Å². The first-order chi connectivity index (χ1) is 8.65. The molecule has 0 fully saturated rings. The van der Waals surface area contributed by atoms with Crippen LogP contribution in [0.3, 0.4) is 0 Å². The predicted molar refractivity (Wildman–Crippen MR) is 67.5 cm³/mol. The molecule has 0 saturated carbocycles. The second kappa shape index (κ2) is 5.42. The van der Waals surface area contributed by atoms with Crippen molar-refractivity contribution < 1.29 is 4.92 Å². The quantitative estimate of drug-likeness (QED) is 0.522. The molecule has 0 spiro atoms. The van der Waals surface area contributed by atoms with Crippen molar-refractivity contribution in [2.75, 3.05) is 5.32 Å². The number of pyridine rings is 2. The Hall–Kier alpha value is -2.21. The third kappa shape index (κ3) is 3.14. The van der Waals surface area contributed by atoms with Crippen LogP contribution >= 0.6 is 11.6 Å². The Morgan fingerprint density at radius 3 is 2.89 bits per heavy atom. The van der Waals surface area contributed by atoms with E-state index in [2.05, 4.69) is 15.3 Å². The Bertz CT molecular complexity index is 562. The zero-order valence-electron chi connectivity index (χ0n) is 9.21. The summed E-state index contributed by atoms with van der Waals surface area (Å²) >= 11 is 5.70. The van der Waals surface area contributed by atoms with Crippen molar-refractivity contribution in [3.05, 3.63) is 57.5 Å². The smallest absolute Gasteiger partial charge is 0.276 e. The molecule has 0 aromatic carbocycles. The molecule has 7 heteroatoms. The SMILES string of the molecule is O=[N+]([O-])c1cc(Cl)nc(NCc2ccccn2)c1. The summed E-state index contributed by atoms with van der Waals surface area (Å²) in [6, 6.07) is 8.04. The van der Waals surface area contributed by atoms with Gasteiger partial charge in [0.2, 0.25) is 0 Å². The van der Waals surface area contributed by atoms with Crippen molar-refractivity contribution in [3.63, 3.8) is 0 Å². The molecule has 92 valence electrons. The Balaban J connectivity index is 2.12. The number of nitro groups is 1. The predicted octanol–water partition coefficient (Wildman–Crippen LogP) is 2.65. The van der Waals surface area contributed by atoms with Gasteiger partial charge in [-0.2, -0.15) is 0 Å². The molecule has 6 nitrogen and oxygen atoms in total. The van der Waals surface area contributed by atoms with Gasteiger partial charge in [0.1, 0.15) is 11.0 Å². The molecule has 2 rings (SSSR count). The summed E-state index contributed by atoms with van der Waals surface area (Å²) in [7, 11) is 0. The molecule has 0 atom stereocenters. The number of aromatic nitrogens is 2. The summed E-state index contributed by atoms with van der Waals surface area (Å²) in [6.07, 6.45) is 1.67. The Morgan fingerprint density at radius 1 is 1.39 bits per heavy atom. The molecule has 2 aromatic heterocycles. The summed E-state index contributed by atoms with van der Waals surface area (Å²) in [5, 5.41) is 13.7. The lowest BCUT2D eigenvalue weighted by molar-refractivity contribution is -0.384. The van der Waals surface area contributed by atoms with E-state index < -0.39 is 4.92 Å². The van der Waals surface area contributed by atoms with E-state index in [1.807, 2.05) is 18.2 Å². The average molecular weight is 265 g/mol. The molecule has 0 aliphatic carbocycles. The van der Waals surface area contributed by atoms with Gasteiger partial charge in [-0.1, -0.05) is 17.7 Å². The van der Waals surface area contributed by atoms with E-state index in [4.69, 9.17) is 11.6 Å². The van der Waals surface area contributed by atoms with Crippen LogP contribution in [0.15, 0.2) is 36.5 Å². The molecule has 0 unspecified atom stereocenters. The van der Waals surface area contributed by atoms with Crippen molar-refractivity contribution in [2.24, 2.45) is 0 Å². The lowest BCUT2D eigenvalue weighted by Gasteiger charge is -2.05. The molecule has 2 heterocycles. The van der Waals surface area contributed by atoms with Crippen LogP contribution in [0.1, 0.15) is 5.69 Å². The second-order valence-corrected chi connectivity index (χ2v) is 3.85. The summed E-state index contributed by atoms with van der Waals surface area (Å²) in [6.45, 7) is 0.422. The lowest BCUT2D eigenvalue weighted by atomic mass is 10.3. The van der Waals surface area contributed by atoms with Crippen molar-refractivity contribution >= 4 is 23.1 Å². The monoisotopic (exact) mass is 264 g/mol. The fraction of sp³-hybridized carbons (Fsp3) is 0.0909. The molecule has 1 N–H and O–H groups in total. The summed E-state index contributed by atoms with van der Waals surface area (Å²) in [5.41, 5.74) is 0.709. The van der Waals surface area contributed by atoms with Crippen LogP contribution in [0, 0.1) is 10.1 Å². The fourth-order valence-electron chi connectivity index (χ4n) is 1.36. The van der Waals surface area contributed by atoms with Gasteiger partial charge in [0.15, 0.2) is 0 Å². The Kier molecular flexibility index (Phi) is 3.69. The topological polar surface area (TPSA) is 81.0 Å². The first-order valence-electron chi connectivity index (χ1n) is 5.11. The Labute approximate surface area is 108 Å². The minimum Gasteiger partial charge on any atom is -0.364 e. The average Bonchev–Trinajstić information content (AvgIpc) is 2.37. The highest BCUT2D eigenvalue weighted by atomic mass is 35.5. The molecule has 0 aliphatic heterocycles. The molecule has 0 aliphatic rings.